The summed E-state index contributed by atoms with van der Waals surface area (Å²) in [6.45, 7) is 5.33. The molecular weight excluding hydrogens is 167 g/mol. The average Bonchev–Trinajstić information content (AvgIpc) is 2.46. The van der Waals surface area contributed by atoms with Crippen LogP contribution in [-0.4, -0.2) is 36.2 Å². The number of ether oxygens (including phenoxy) is 1. The van der Waals surface area contributed by atoms with E-state index in [-0.39, 0.29) is 5.97 Å². The molecule has 0 bridgehead atoms. The standard InChI is InChI=1S/C8H11BN2O2/c1-9-5-6-4-7(8(12)13-3)11(2)10-6/h4H,1,5H2,2-3H3. The minimum absolute atomic E-state index is 0.370. The fourth-order valence-electron chi connectivity index (χ4n) is 1.07. The van der Waals surface area contributed by atoms with Gasteiger partial charge in [-0.3, -0.25) is 0 Å². The Morgan fingerprint density at radius 3 is 3.08 bits per heavy atom. The molecule has 0 saturated heterocycles. The Bertz CT molecular complexity index is 333. The zero-order valence-electron chi connectivity index (χ0n) is 7.78. The zero-order chi connectivity index (χ0) is 9.84. The van der Waals surface area contributed by atoms with Crippen molar-refractivity contribution in [2.75, 3.05) is 7.11 Å². The van der Waals surface area contributed by atoms with Crippen LogP contribution >= 0.6 is 0 Å². The van der Waals surface area contributed by atoms with Crippen molar-refractivity contribution in [3.63, 3.8) is 0 Å². The van der Waals surface area contributed by atoms with Crippen LogP contribution < -0.4 is 0 Å². The Hall–Kier alpha value is -1.39. The van der Waals surface area contributed by atoms with Crippen LogP contribution in [0.25, 0.3) is 0 Å². The van der Waals surface area contributed by atoms with E-state index in [2.05, 4.69) is 16.3 Å². The van der Waals surface area contributed by atoms with E-state index in [1.807, 2.05) is 0 Å². The van der Waals surface area contributed by atoms with Crippen molar-refractivity contribution >= 4 is 19.4 Å². The first-order valence-corrected chi connectivity index (χ1v) is 3.91. The molecule has 0 fully saturated rings. The summed E-state index contributed by atoms with van der Waals surface area (Å²) in [5.74, 6) is -0.370. The number of aromatic nitrogens is 2. The molecule has 13 heavy (non-hydrogen) atoms. The van der Waals surface area contributed by atoms with Crippen molar-refractivity contribution < 1.29 is 9.53 Å². The molecule has 5 heteroatoms. The van der Waals surface area contributed by atoms with Gasteiger partial charge in [-0.15, -0.1) is 0 Å². The number of carbonyl (C=O) groups is 1. The van der Waals surface area contributed by atoms with Gasteiger partial charge in [-0.25, -0.2) is 0 Å². The van der Waals surface area contributed by atoms with Gasteiger partial charge >= 0.3 is 76.6 Å². The van der Waals surface area contributed by atoms with Gasteiger partial charge in [-0.1, -0.05) is 0 Å². The van der Waals surface area contributed by atoms with Crippen LogP contribution in [0.2, 0.25) is 0 Å². The maximum atomic E-state index is 11.1. The van der Waals surface area contributed by atoms with Crippen molar-refractivity contribution in [3.8, 4) is 0 Å². The van der Waals surface area contributed by atoms with E-state index >= 15 is 0 Å². The molecular formula is C8H11BN2O2. The number of hydrogen-bond donors (Lipinski definition) is 0. The van der Waals surface area contributed by atoms with Gasteiger partial charge in [0.25, 0.3) is 0 Å². The van der Waals surface area contributed by atoms with E-state index < -0.39 is 0 Å². The third-order valence-corrected chi connectivity index (χ3v) is 1.68. The van der Waals surface area contributed by atoms with Gasteiger partial charge in [0.1, 0.15) is 0 Å². The molecule has 4 nitrogen and oxygen atoms in total. The van der Waals surface area contributed by atoms with E-state index in [1.165, 1.54) is 11.8 Å². The fraction of sp³-hybridized carbons (Fsp3) is 0.375. The molecule has 0 aromatic carbocycles. The number of aryl methyl sites for hydroxylation is 1. The molecule has 68 valence electrons. The van der Waals surface area contributed by atoms with Gasteiger partial charge in [0, 0.05) is 0 Å². The molecule has 0 radical (unpaired) electrons. The van der Waals surface area contributed by atoms with E-state index in [9.17, 15) is 4.79 Å². The monoisotopic (exact) mass is 178 g/mol. The number of rotatable bonds is 3. The maximum absolute atomic E-state index is 11.1. The predicted octanol–water partition coefficient (Wildman–Crippen LogP) is -0.157. The summed E-state index contributed by atoms with van der Waals surface area (Å²) in [5.41, 5.74) is 1.28. The molecule has 1 aromatic heterocycles. The minimum atomic E-state index is -0.370. The van der Waals surface area contributed by atoms with E-state index in [0.29, 0.717) is 12.0 Å². The SMILES string of the molecule is C=BCc1cc(C(=O)OC)n(C)n1. The van der Waals surface area contributed by atoms with Crippen LogP contribution in [-0.2, 0) is 18.1 Å². The molecule has 0 N–H and O–H groups in total. The second kappa shape index (κ2) is 4.02. The summed E-state index contributed by atoms with van der Waals surface area (Å²) in [6, 6.07) is 1.70. The molecule has 1 heterocycles. The van der Waals surface area contributed by atoms with Crippen LogP contribution in [0.4, 0.5) is 0 Å². The summed E-state index contributed by atoms with van der Waals surface area (Å²) in [6.07, 6.45) is 0.658. The molecule has 0 aliphatic heterocycles. The summed E-state index contributed by atoms with van der Waals surface area (Å²) < 4.78 is 6.09. The predicted molar refractivity (Wildman–Crippen MR) is 51.1 cm³/mol. The van der Waals surface area contributed by atoms with Crippen molar-refractivity contribution in [1.82, 2.24) is 9.78 Å². The quantitative estimate of drug-likeness (QED) is 0.477. The van der Waals surface area contributed by atoms with Crippen LogP contribution in [0.15, 0.2) is 6.07 Å². The Morgan fingerprint density at radius 2 is 2.54 bits per heavy atom. The molecule has 0 unspecified atom stereocenters. The zero-order valence-corrected chi connectivity index (χ0v) is 7.78. The van der Waals surface area contributed by atoms with Crippen LogP contribution in [0.1, 0.15) is 16.2 Å². The van der Waals surface area contributed by atoms with E-state index in [1.54, 1.807) is 20.0 Å². The van der Waals surface area contributed by atoms with Gasteiger partial charge in [0.05, 0.1) is 0 Å². The molecule has 0 saturated carbocycles. The Balaban J connectivity index is 2.95. The summed E-state index contributed by atoms with van der Waals surface area (Å²) in [4.78, 5) is 11.1. The molecule has 0 aliphatic carbocycles. The summed E-state index contributed by atoms with van der Waals surface area (Å²) >= 11 is 0. The molecule has 0 amide bonds. The van der Waals surface area contributed by atoms with Crippen LogP contribution in [0.3, 0.4) is 0 Å². The first kappa shape index (κ1) is 9.70. The van der Waals surface area contributed by atoms with Gasteiger partial charge in [-0.2, -0.15) is 0 Å². The number of nitrogens with zero attached hydrogens (tertiary/aromatic N) is 2. The fourth-order valence-corrected chi connectivity index (χ4v) is 1.07. The molecule has 1 aromatic rings. The van der Waals surface area contributed by atoms with Gasteiger partial charge in [-0.05, 0) is 0 Å². The van der Waals surface area contributed by atoms with E-state index in [4.69, 9.17) is 0 Å². The van der Waals surface area contributed by atoms with Crippen LogP contribution in [0, 0.1) is 0 Å². The van der Waals surface area contributed by atoms with Crippen molar-refractivity contribution in [1.29, 1.82) is 0 Å². The Morgan fingerprint density at radius 1 is 1.85 bits per heavy atom. The summed E-state index contributed by atoms with van der Waals surface area (Å²) in [5, 5.41) is 4.11. The topological polar surface area (TPSA) is 44.1 Å². The molecule has 0 spiro atoms. The molecule has 0 atom stereocenters. The normalized spacial score (nSPS) is 9.38. The molecule has 1 rings (SSSR count). The van der Waals surface area contributed by atoms with Crippen LogP contribution in [0.5, 0.6) is 0 Å². The van der Waals surface area contributed by atoms with Crippen molar-refractivity contribution in [2.45, 2.75) is 6.32 Å². The molecule has 0 aliphatic rings. The number of methoxy groups -OCH3 is 1. The second-order valence-electron chi connectivity index (χ2n) is 2.63. The Kier molecular flexibility index (Phi) is 3.00. The Labute approximate surface area is 77.4 Å². The first-order chi connectivity index (χ1) is 6.19. The third kappa shape index (κ3) is 2.05. The van der Waals surface area contributed by atoms with Gasteiger partial charge < -0.3 is 0 Å². The van der Waals surface area contributed by atoms with Gasteiger partial charge in [0.2, 0.25) is 0 Å². The third-order valence-electron chi connectivity index (χ3n) is 1.68. The number of hydrogen-bond acceptors (Lipinski definition) is 3. The van der Waals surface area contributed by atoms with Crippen molar-refractivity contribution in [3.05, 3.63) is 17.5 Å². The van der Waals surface area contributed by atoms with Crippen molar-refractivity contribution in [2.24, 2.45) is 7.05 Å². The average molecular weight is 178 g/mol. The first-order valence-electron chi connectivity index (χ1n) is 3.91. The van der Waals surface area contributed by atoms with E-state index in [0.717, 1.165) is 5.69 Å². The number of carbonyl (C=O) groups excluding carboxylic acids is 1. The summed E-state index contributed by atoms with van der Waals surface area (Å²) in [7, 11) is 3.06. The second-order valence-corrected chi connectivity index (χ2v) is 2.63. The number of esters is 1. The van der Waals surface area contributed by atoms with Gasteiger partial charge in [0.15, 0.2) is 0 Å².